The van der Waals surface area contributed by atoms with E-state index < -0.39 is 0 Å². The van der Waals surface area contributed by atoms with Gasteiger partial charge in [-0.05, 0) is 36.4 Å². The molecule has 0 aliphatic rings. The zero-order chi connectivity index (χ0) is 14.5. The topological polar surface area (TPSA) is 29.1 Å². The average Bonchev–Trinajstić information content (AvgIpc) is 2.42. The highest BCUT2D eigenvalue weighted by Crippen LogP contribution is 2.30. The van der Waals surface area contributed by atoms with E-state index in [0.717, 1.165) is 9.37 Å². The fourth-order valence-electron chi connectivity index (χ4n) is 1.47. The average molecular weight is 391 g/mol. The molecule has 2 rings (SSSR count). The zero-order valence-electron chi connectivity index (χ0n) is 10.2. The van der Waals surface area contributed by atoms with Gasteiger partial charge in [-0.15, -0.1) is 11.8 Å². The molecule has 1 amide bonds. The van der Waals surface area contributed by atoms with Crippen molar-refractivity contribution in [2.24, 2.45) is 0 Å². The van der Waals surface area contributed by atoms with Crippen LogP contribution in [-0.2, 0) is 4.79 Å². The molecule has 0 saturated carbocycles. The zero-order valence-corrected chi connectivity index (χ0v) is 14.1. The molecular formula is C14H10BrCl2NOS. The van der Waals surface area contributed by atoms with Gasteiger partial charge in [0.1, 0.15) is 0 Å². The summed E-state index contributed by atoms with van der Waals surface area (Å²) in [5.74, 6) is 0.149. The Kier molecular flexibility index (Phi) is 5.78. The summed E-state index contributed by atoms with van der Waals surface area (Å²) in [6.45, 7) is 0. The second-order valence-corrected chi connectivity index (χ2v) is 6.67. The molecule has 0 aromatic heterocycles. The smallest absolute Gasteiger partial charge is 0.234 e. The lowest BCUT2D eigenvalue weighted by atomic mass is 10.3. The SMILES string of the molecule is O=C(CSc1ccc(Br)cc1)Nc1c(Cl)cccc1Cl. The Balaban J connectivity index is 1.94. The summed E-state index contributed by atoms with van der Waals surface area (Å²) in [6, 6.07) is 12.9. The second kappa shape index (κ2) is 7.36. The molecule has 0 heterocycles. The van der Waals surface area contributed by atoms with Crippen molar-refractivity contribution < 1.29 is 4.79 Å². The van der Waals surface area contributed by atoms with Crippen molar-refractivity contribution in [1.82, 2.24) is 0 Å². The van der Waals surface area contributed by atoms with Gasteiger partial charge in [0.2, 0.25) is 5.91 Å². The molecule has 0 unspecified atom stereocenters. The molecule has 0 radical (unpaired) electrons. The minimum Gasteiger partial charge on any atom is -0.323 e. The Morgan fingerprint density at radius 2 is 1.70 bits per heavy atom. The molecular weight excluding hydrogens is 381 g/mol. The second-order valence-electron chi connectivity index (χ2n) is 3.89. The van der Waals surface area contributed by atoms with Crippen LogP contribution in [0.15, 0.2) is 51.8 Å². The molecule has 6 heteroatoms. The van der Waals surface area contributed by atoms with Gasteiger partial charge in [0.05, 0.1) is 21.5 Å². The molecule has 2 nitrogen and oxygen atoms in total. The minimum atomic E-state index is -0.145. The van der Waals surface area contributed by atoms with Gasteiger partial charge >= 0.3 is 0 Å². The normalized spacial score (nSPS) is 10.3. The number of amides is 1. The third kappa shape index (κ3) is 4.42. The first-order valence-electron chi connectivity index (χ1n) is 5.68. The Hall–Kier alpha value is -0.680. The molecule has 2 aromatic carbocycles. The monoisotopic (exact) mass is 389 g/mol. The van der Waals surface area contributed by atoms with Crippen molar-refractivity contribution in [2.75, 3.05) is 11.1 Å². The number of carbonyl (C=O) groups is 1. The summed E-state index contributed by atoms with van der Waals surface area (Å²) in [6.07, 6.45) is 0. The van der Waals surface area contributed by atoms with Crippen LogP contribution in [0.5, 0.6) is 0 Å². The van der Waals surface area contributed by atoms with E-state index in [0.29, 0.717) is 21.5 Å². The summed E-state index contributed by atoms with van der Waals surface area (Å²) < 4.78 is 1.01. The van der Waals surface area contributed by atoms with Gasteiger partial charge in [-0.3, -0.25) is 4.79 Å². The number of halogens is 3. The highest BCUT2D eigenvalue weighted by molar-refractivity contribution is 9.10. The van der Waals surface area contributed by atoms with Crippen molar-refractivity contribution in [1.29, 1.82) is 0 Å². The number of anilines is 1. The quantitative estimate of drug-likeness (QED) is 0.699. The molecule has 0 spiro atoms. The highest BCUT2D eigenvalue weighted by Gasteiger charge is 2.09. The van der Waals surface area contributed by atoms with Gasteiger partial charge in [-0.1, -0.05) is 45.2 Å². The van der Waals surface area contributed by atoms with Gasteiger partial charge < -0.3 is 5.32 Å². The van der Waals surface area contributed by atoms with Crippen LogP contribution in [0.4, 0.5) is 5.69 Å². The molecule has 1 N–H and O–H groups in total. The van der Waals surface area contributed by atoms with Crippen LogP contribution in [0.25, 0.3) is 0 Å². The highest BCUT2D eigenvalue weighted by atomic mass is 79.9. The van der Waals surface area contributed by atoms with Crippen LogP contribution < -0.4 is 5.32 Å². The van der Waals surface area contributed by atoms with E-state index in [1.165, 1.54) is 11.8 Å². The first-order chi connectivity index (χ1) is 9.56. The fraction of sp³-hybridized carbons (Fsp3) is 0.0714. The van der Waals surface area contributed by atoms with E-state index in [4.69, 9.17) is 23.2 Å². The van der Waals surface area contributed by atoms with Gasteiger partial charge in [0.25, 0.3) is 0 Å². The largest absolute Gasteiger partial charge is 0.323 e. The first kappa shape index (κ1) is 15.7. The van der Waals surface area contributed by atoms with Crippen LogP contribution in [0.2, 0.25) is 10.0 Å². The maximum Gasteiger partial charge on any atom is 0.234 e. The van der Waals surface area contributed by atoms with Crippen LogP contribution in [0.3, 0.4) is 0 Å². The molecule has 0 aliphatic heterocycles. The first-order valence-corrected chi connectivity index (χ1v) is 8.22. The van der Waals surface area contributed by atoms with E-state index >= 15 is 0 Å². The number of nitrogens with one attached hydrogen (secondary N) is 1. The van der Waals surface area contributed by atoms with E-state index in [1.807, 2.05) is 24.3 Å². The van der Waals surface area contributed by atoms with Gasteiger partial charge in [-0.2, -0.15) is 0 Å². The molecule has 0 atom stereocenters. The number of thioether (sulfide) groups is 1. The van der Waals surface area contributed by atoms with Gasteiger partial charge in [-0.25, -0.2) is 0 Å². The molecule has 0 saturated heterocycles. The lowest BCUT2D eigenvalue weighted by molar-refractivity contribution is -0.113. The molecule has 104 valence electrons. The predicted molar refractivity (Wildman–Crippen MR) is 90.0 cm³/mol. The maximum atomic E-state index is 11.9. The summed E-state index contributed by atoms with van der Waals surface area (Å²) in [5, 5.41) is 3.59. The molecule has 0 fully saturated rings. The van der Waals surface area contributed by atoms with E-state index in [9.17, 15) is 4.79 Å². The minimum absolute atomic E-state index is 0.145. The van der Waals surface area contributed by atoms with Crippen molar-refractivity contribution in [3.05, 3.63) is 57.0 Å². The lowest BCUT2D eigenvalue weighted by Crippen LogP contribution is -2.14. The Morgan fingerprint density at radius 1 is 1.10 bits per heavy atom. The predicted octanol–water partition coefficient (Wildman–Crippen LogP) is 5.49. The summed E-state index contributed by atoms with van der Waals surface area (Å²) in [7, 11) is 0. The van der Waals surface area contributed by atoms with E-state index in [2.05, 4.69) is 21.2 Å². The van der Waals surface area contributed by atoms with E-state index in [1.54, 1.807) is 18.2 Å². The number of rotatable bonds is 4. The molecule has 0 bridgehead atoms. The van der Waals surface area contributed by atoms with Crippen molar-refractivity contribution in [3.8, 4) is 0 Å². The number of carbonyl (C=O) groups excluding carboxylic acids is 1. The Bertz CT molecular complexity index is 599. The van der Waals surface area contributed by atoms with Crippen molar-refractivity contribution >= 4 is 62.5 Å². The fourth-order valence-corrected chi connectivity index (χ4v) is 2.93. The summed E-state index contributed by atoms with van der Waals surface area (Å²) >= 11 is 16.8. The van der Waals surface area contributed by atoms with Crippen LogP contribution in [0, 0.1) is 0 Å². The third-order valence-corrected chi connectivity index (χ3v) is 4.58. The van der Waals surface area contributed by atoms with Crippen LogP contribution >= 0.6 is 50.9 Å². The van der Waals surface area contributed by atoms with Crippen LogP contribution in [-0.4, -0.2) is 11.7 Å². The van der Waals surface area contributed by atoms with Crippen molar-refractivity contribution in [3.63, 3.8) is 0 Å². The number of hydrogen-bond donors (Lipinski definition) is 1. The van der Waals surface area contributed by atoms with Gasteiger partial charge in [0, 0.05) is 9.37 Å². The number of benzene rings is 2. The Morgan fingerprint density at radius 3 is 2.30 bits per heavy atom. The number of hydrogen-bond acceptors (Lipinski definition) is 2. The lowest BCUT2D eigenvalue weighted by Gasteiger charge is -2.09. The Labute approximate surface area is 140 Å². The third-order valence-electron chi connectivity index (χ3n) is 2.41. The van der Waals surface area contributed by atoms with Crippen molar-refractivity contribution in [2.45, 2.75) is 4.90 Å². The standard InChI is InChI=1S/C14H10BrCl2NOS/c15-9-4-6-10(7-5-9)20-8-13(19)18-14-11(16)2-1-3-12(14)17/h1-7H,8H2,(H,18,19). The molecule has 2 aromatic rings. The summed E-state index contributed by atoms with van der Waals surface area (Å²) in [4.78, 5) is 12.9. The molecule has 20 heavy (non-hydrogen) atoms. The maximum absolute atomic E-state index is 11.9. The summed E-state index contributed by atoms with van der Waals surface area (Å²) in [5.41, 5.74) is 0.456. The number of para-hydroxylation sites is 1. The van der Waals surface area contributed by atoms with Gasteiger partial charge in [0.15, 0.2) is 0 Å². The van der Waals surface area contributed by atoms with Crippen LogP contribution in [0.1, 0.15) is 0 Å². The van der Waals surface area contributed by atoms with E-state index in [-0.39, 0.29) is 5.91 Å². The molecule has 0 aliphatic carbocycles.